The SMILES string of the molecule is O=C1CCC(N2C(=O)c3ccc(NC4CCCC5CCC4N5)cc3C2=O)C(=O)N1. The Morgan fingerprint density at radius 3 is 2.59 bits per heavy atom. The molecule has 152 valence electrons. The second-order valence-electron chi connectivity index (χ2n) is 8.44. The molecule has 0 aromatic heterocycles. The summed E-state index contributed by atoms with van der Waals surface area (Å²) in [6.45, 7) is 0. The van der Waals surface area contributed by atoms with Crippen LogP contribution in [0.2, 0.25) is 0 Å². The monoisotopic (exact) mass is 396 g/mol. The molecular weight excluding hydrogens is 372 g/mol. The van der Waals surface area contributed by atoms with Crippen molar-refractivity contribution in [1.82, 2.24) is 15.5 Å². The number of nitrogens with zero attached hydrogens (tertiary/aromatic N) is 1. The van der Waals surface area contributed by atoms with Crippen molar-refractivity contribution >= 4 is 29.3 Å². The highest BCUT2D eigenvalue weighted by atomic mass is 16.2. The number of carbonyl (C=O) groups is 4. The summed E-state index contributed by atoms with van der Waals surface area (Å²) in [6.07, 6.45) is 6.07. The fourth-order valence-electron chi connectivity index (χ4n) is 5.13. The number of amides is 4. The molecule has 3 N–H and O–H groups in total. The number of imide groups is 2. The number of carbonyl (C=O) groups excluding carboxylic acids is 4. The topological polar surface area (TPSA) is 108 Å². The van der Waals surface area contributed by atoms with Gasteiger partial charge in [-0.15, -0.1) is 0 Å². The molecule has 29 heavy (non-hydrogen) atoms. The highest BCUT2D eigenvalue weighted by Crippen LogP contribution is 2.32. The van der Waals surface area contributed by atoms with E-state index in [-0.39, 0.29) is 18.7 Å². The van der Waals surface area contributed by atoms with Gasteiger partial charge in [0.15, 0.2) is 0 Å². The summed E-state index contributed by atoms with van der Waals surface area (Å²) in [5.74, 6) is -1.90. The van der Waals surface area contributed by atoms with E-state index in [1.807, 2.05) is 6.07 Å². The van der Waals surface area contributed by atoms with Crippen LogP contribution in [0.1, 0.15) is 65.7 Å². The van der Waals surface area contributed by atoms with Crippen LogP contribution in [0.3, 0.4) is 0 Å². The van der Waals surface area contributed by atoms with Gasteiger partial charge in [0.2, 0.25) is 11.8 Å². The van der Waals surface area contributed by atoms with Crippen LogP contribution in [-0.4, -0.2) is 52.7 Å². The van der Waals surface area contributed by atoms with E-state index < -0.39 is 23.8 Å². The van der Waals surface area contributed by atoms with Crippen molar-refractivity contribution < 1.29 is 19.2 Å². The summed E-state index contributed by atoms with van der Waals surface area (Å²) in [5.41, 5.74) is 1.44. The lowest BCUT2D eigenvalue weighted by atomic mass is 9.96. The average molecular weight is 396 g/mol. The van der Waals surface area contributed by atoms with Gasteiger partial charge < -0.3 is 10.6 Å². The minimum absolute atomic E-state index is 0.119. The number of rotatable bonds is 3. The number of piperidine rings is 1. The Bertz CT molecular complexity index is 914. The fourth-order valence-corrected chi connectivity index (χ4v) is 5.13. The highest BCUT2D eigenvalue weighted by Gasteiger charge is 2.44. The van der Waals surface area contributed by atoms with Crippen LogP contribution in [0, 0.1) is 0 Å². The van der Waals surface area contributed by atoms with Crippen LogP contribution in [0.15, 0.2) is 18.2 Å². The minimum Gasteiger partial charge on any atom is -0.381 e. The molecule has 4 atom stereocenters. The summed E-state index contributed by atoms with van der Waals surface area (Å²) in [6, 6.07) is 5.61. The van der Waals surface area contributed by atoms with Crippen molar-refractivity contribution in [2.45, 2.75) is 69.1 Å². The van der Waals surface area contributed by atoms with Gasteiger partial charge >= 0.3 is 0 Å². The van der Waals surface area contributed by atoms with Crippen molar-refractivity contribution in [3.63, 3.8) is 0 Å². The maximum absolute atomic E-state index is 13.0. The van der Waals surface area contributed by atoms with E-state index in [0.29, 0.717) is 29.3 Å². The third-order valence-corrected chi connectivity index (χ3v) is 6.62. The van der Waals surface area contributed by atoms with Gasteiger partial charge in [0.25, 0.3) is 11.8 Å². The Balaban J connectivity index is 1.37. The average Bonchev–Trinajstić information content (AvgIpc) is 3.18. The molecule has 0 saturated carbocycles. The summed E-state index contributed by atoms with van der Waals surface area (Å²) in [4.78, 5) is 50.3. The van der Waals surface area contributed by atoms with Crippen LogP contribution >= 0.6 is 0 Å². The van der Waals surface area contributed by atoms with Crippen LogP contribution in [0.25, 0.3) is 0 Å². The number of fused-ring (bicyclic) bond motifs is 3. The number of nitrogens with one attached hydrogen (secondary N) is 3. The zero-order chi connectivity index (χ0) is 20.1. The fraction of sp³-hybridized carbons (Fsp3) is 0.524. The maximum Gasteiger partial charge on any atom is 0.262 e. The number of hydrogen-bond donors (Lipinski definition) is 3. The molecule has 4 aliphatic rings. The summed E-state index contributed by atoms with van der Waals surface area (Å²) in [5, 5.41) is 9.46. The molecule has 5 rings (SSSR count). The van der Waals surface area contributed by atoms with Gasteiger partial charge in [0, 0.05) is 30.2 Å². The molecule has 3 saturated heterocycles. The number of anilines is 1. The van der Waals surface area contributed by atoms with Crippen molar-refractivity contribution in [3.8, 4) is 0 Å². The van der Waals surface area contributed by atoms with Gasteiger partial charge in [0.1, 0.15) is 6.04 Å². The van der Waals surface area contributed by atoms with Gasteiger partial charge in [0.05, 0.1) is 11.1 Å². The smallest absolute Gasteiger partial charge is 0.262 e. The summed E-state index contributed by atoms with van der Waals surface area (Å²) >= 11 is 0. The predicted octanol–water partition coefficient (Wildman–Crippen LogP) is 1.17. The van der Waals surface area contributed by atoms with Crippen molar-refractivity contribution in [3.05, 3.63) is 29.3 Å². The maximum atomic E-state index is 13.0. The van der Waals surface area contributed by atoms with E-state index in [1.54, 1.807) is 12.1 Å². The number of benzene rings is 1. The zero-order valence-electron chi connectivity index (χ0n) is 16.1. The standard InChI is InChI=1S/C21H24N4O4/c26-18-9-8-17(19(27)24-18)25-20(28)13-6-4-12(10-14(13)21(25)29)23-15-3-1-2-11-5-7-16(15)22-11/h4,6,10-11,15-17,22-23H,1-3,5,7-9H2,(H,24,26,27). The van der Waals surface area contributed by atoms with Crippen molar-refractivity contribution in [2.75, 3.05) is 5.32 Å². The van der Waals surface area contributed by atoms with Gasteiger partial charge in [-0.05, 0) is 56.7 Å². The van der Waals surface area contributed by atoms with Crippen LogP contribution in [-0.2, 0) is 9.59 Å². The molecule has 4 amide bonds. The lowest BCUT2D eigenvalue weighted by Crippen LogP contribution is -2.54. The molecule has 4 heterocycles. The third kappa shape index (κ3) is 3.11. The van der Waals surface area contributed by atoms with E-state index in [2.05, 4.69) is 16.0 Å². The molecule has 3 fully saturated rings. The second kappa shape index (κ2) is 6.95. The molecule has 0 spiro atoms. The first-order valence-corrected chi connectivity index (χ1v) is 10.4. The van der Waals surface area contributed by atoms with E-state index in [0.717, 1.165) is 29.8 Å². The van der Waals surface area contributed by atoms with Gasteiger partial charge in [-0.2, -0.15) is 0 Å². The van der Waals surface area contributed by atoms with E-state index in [1.165, 1.54) is 12.8 Å². The molecule has 1 aromatic carbocycles. The van der Waals surface area contributed by atoms with E-state index in [9.17, 15) is 19.2 Å². The lowest BCUT2D eigenvalue weighted by molar-refractivity contribution is -0.136. The normalized spacial score (nSPS) is 31.5. The lowest BCUT2D eigenvalue weighted by Gasteiger charge is -2.27. The predicted molar refractivity (Wildman–Crippen MR) is 104 cm³/mol. The Labute approximate surface area is 168 Å². The zero-order valence-corrected chi connectivity index (χ0v) is 16.1. The Morgan fingerprint density at radius 2 is 1.76 bits per heavy atom. The Morgan fingerprint density at radius 1 is 0.931 bits per heavy atom. The minimum atomic E-state index is -0.932. The first-order chi connectivity index (χ1) is 14.0. The van der Waals surface area contributed by atoms with Crippen molar-refractivity contribution in [1.29, 1.82) is 0 Å². The first kappa shape index (κ1) is 18.3. The molecule has 1 aromatic rings. The first-order valence-electron chi connectivity index (χ1n) is 10.4. The molecule has 0 aliphatic carbocycles. The third-order valence-electron chi connectivity index (χ3n) is 6.62. The molecular formula is C21H24N4O4. The van der Waals surface area contributed by atoms with E-state index in [4.69, 9.17) is 0 Å². The molecule has 8 nitrogen and oxygen atoms in total. The van der Waals surface area contributed by atoms with Crippen LogP contribution in [0.4, 0.5) is 5.69 Å². The number of hydrogen-bond acceptors (Lipinski definition) is 6. The van der Waals surface area contributed by atoms with Crippen LogP contribution < -0.4 is 16.0 Å². The summed E-state index contributed by atoms with van der Waals surface area (Å²) in [7, 11) is 0. The second-order valence-corrected chi connectivity index (χ2v) is 8.44. The molecule has 4 unspecified atom stereocenters. The quantitative estimate of drug-likeness (QED) is 0.662. The molecule has 2 bridgehead atoms. The molecule has 8 heteroatoms. The summed E-state index contributed by atoms with van der Waals surface area (Å²) < 4.78 is 0. The van der Waals surface area contributed by atoms with Gasteiger partial charge in [-0.25, -0.2) is 0 Å². The molecule has 4 aliphatic heterocycles. The highest BCUT2D eigenvalue weighted by molar-refractivity contribution is 6.23. The Hall–Kier alpha value is -2.74. The molecule has 0 radical (unpaired) electrons. The van der Waals surface area contributed by atoms with Gasteiger partial charge in [-0.1, -0.05) is 0 Å². The Kier molecular flexibility index (Phi) is 4.38. The van der Waals surface area contributed by atoms with E-state index >= 15 is 0 Å². The van der Waals surface area contributed by atoms with Gasteiger partial charge in [-0.3, -0.25) is 29.4 Å². The van der Waals surface area contributed by atoms with Crippen molar-refractivity contribution in [2.24, 2.45) is 0 Å². The largest absolute Gasteiger partial charge is 0.381 e. The van der Waals surface area contributed by atoms with Crippen LogP contribution in [0.5, 0.6) is 0 Å².